The normalized spacial score (nSPS) is 27.5. The van der Waals surface area contributed by atoms with Crippen molar-refractivity contribution in [2.45, 2.75) is 38.3 Å². The Morgan fingerprint density at radius 1 is 1.53 bits per heavy atom. The fourth-order valence-electron chi connectivity index (χ4n) is 2.35. The maximum Gasteiger partial charge on any atom is 0.326 e. The maximum atomic E-state index is 12.1. The number of amides is 2. The summed E-state index contributed by atoms with van der Waals surface area (Å²) < 4.78 is 0. The van der Waals surface area contributed by atoms with Crippen LogP contribution < -0.4 is 5.32 Å². The molecule has 2 aliphatic heterocycles. The maximum absolute atomic E-state index is 12.1. The molecule has 1 saturated heterocycles. The molecule has 6 heteroatoms. The lowest BCUT2D eigenvalue weighted by Crippen LogP contribution is -2.52. The number of nitrogens with zero attached hydrogens (tertiary/aromatic N) is 1. The van der Waals surface area contributed by atoms with Crippen molar-refractivity contribution in [3.05, 3.63) is 11.8 Å². The van der Waals surface area contributed by atoms with Crippen LogP contribution in [-0.4, -0.2) is 39.9 Å². The second-order valence-electron chi connectivity index (χ2n) is 4.29. The molecular weight excluding hydrogens is 224 g/mol. The highest BCUT2D eigenvalue weighted by molar-refractivity contribution is 5.92. The summed E-state index contributed by atoms with van der Waals surface area (Å²) in [4.78, 5) is 35.3. The van der Waals surface area contributed by atoms with Gasteiger partial charge in [0.05, 0.1) is 0 Å². The van der Waals surface area contributed by atoms with E-state index < -0.39 is 18.1 Å². The lowest BCUT2D eigenvalue weighted by molar-refractivity contribution is -0.148. The molecule has 0 aromatic carbocycles. The van der Waals surface area contributed by atoms with Crippen LogP contribution >= 0.6 is 0 Å². The van der Waals surface area contributed by atoms with Crippen molar-refractivity contribution >= 4 is 17.8 Å². The topological polar surface area (TPSA) is 86.7 Å². The summed E-state index contributed by atoms with van der Waals surface area (Å²) in [6, 6.07) is -1.42. The smallest absolute Gasteiger partial charge is 0.326 e. The van der Waals surface area contributed by atoms with Crippen LogP contribution in [0.3, 0.4) is 0 Å². The molecule has 2 atom stereocenters. The Morgan fingerprint density at radius 3 is 2.82 bits per heavy atom. The van der Waals surface area contributed by atoms with Gasteiger partial charge in [-0.25, -0.2) is 4.79 Å². The van der Waals surface area contributed by atoms with Crippen LogP contribution in [0.2, 0.25) is 0 Å². The fraction of sp³-hybridized carbons (Fsp3) is 0.545. The Labute approximate surface area is 98.3 Å². The number of rotatable bonds is 2. The number of aliphatic carboxylic acids is 1. The number of carboxylic acids is 1. The van der Waals surface area contributed by atoms with Crippen molar-refractivity contribution in [2.75, 3.05) is 0 Å². The van der Waals surface area contributed by atoms with Crippen molar-refractivity contribution in [1.82, 2.24) is 10.2 Å². The molecule has 0 saturated carbocycles. The molecule has 0 spiro atoms. The van der Waals surface area contributed by atoms with E-state index in [1.807, 2.05) is 6.08 Å². The van der Waals surface area contributed by atoms with E-state index in [9.17, 15) is 14.4 Å². The van der Waals surface area contributed by atoms with Gasteiger partial charge >= 0.3 is 5.97 Å². The van der Waals surface area contributed by atoms with Crippen molar-refractivity contribution in [1.29, 1.82) is 0 Å². The van der Waals surface area contributed by atoms with Crippen molar-refractivity contribution in [3.63, 3.8) is 0 Å². The third-order valence-electron chi connectivity index (χ3n) is 3.08. The number of allylic oxidation sites excluding steroid dienone is 1. The van der Waals surface area contributed by atoms with Gasteiger partial charge in [0, 0.05) is 12.6 Å². The van der Waals surface area contributed by atoms with Gasteiger partial charge in [-0.2, -0.15) is 0 Å². The van der Waals surface area contributed by atoms with Crippen LogP contribution in [-0.2, 0) is 14.4 Å². The highest BCUT2D eigenvalue weighted by atomic mass is 16.4. The van der Waals surface area contributed by atoms with Crippen LogP contribution in [0.25, 0.3) is 0 Å². The van der Waals surface area contributed by atoms with Crippen LogP contribution in [0.5, 0.6) is 0 Å². The lowest BCUT2D eigenvalue weighted by atomic mass is 10.1. The number of hydrogen-bond acceptors (Lipinski definition) is 3. The van der Waals surface area contributed by atoms with Gasteiger partial charge in [0.1, 0.15) is 12.1 Å². The summed E-state index contributed by atoms with van der Waals surface area (Å²) in [6.07, 6.45) is 3.33. The lowest BCUT2D eigenvalue weighted by Gasteiger charge is -2.31. The first-order chi connectivity index (χ1) is 8.00. The fourth-order valence-corrected chi connectivity index (χ4v) is 2.35. The molecule has 0 aliphatic carbocycles. The minimum Gasteiger partial charge on any atom is -0.480 e. The second-order valence-corrected chi connectivity index (χ2v) is 4.29. The summed E-state index contributed by atoms with van der Waals surface area (Å²) in [6.45, 7) is 1.34. The van der Waals surface area contributed by atoms with Crippen LogP contribution in [0.15, 0.2) is 11.8 Å². The van der Waals surface area contributed by atoms with Crippen molar-refractivity contribution < 1.29 is 19.5 Å². The number of fused-ring (bicyclic) bond motifs is 1. The second kappa shape index (κ2) is 4.20. The minimum absolute atomic E-state index is 0.286. The zero-order valence-corrected chi connectivity index (χ0v) is 9.47. The predicted molar refractivity (Wildman–Crippen MR) is 57.8 cm³/mol. The van der Waals surface area contributed by atoms with Gasteiger partial charge in [0.15, 0.2) is 0 Å². The number of carbonyl (C=O) groups excluding carboxylic acids is 2. The average molecular weight is 238 g/mol. The van der Waals surface area contributed by atoms with E-state index in [1.54, 1.807) is 0 Å². The molecule has 2 rings (SSSR count). The molecule has 0 radical (unpaired) electrons. The van der Waals surface area contributed by atoms with Gasteiger partial charge < -0.3 is 15.3 Å². The third-order valence-corrected chi connectivity index (χ3v) is 3.08. The Bertz CT molecular complexity index is 416. The molecule has 92 valence electrons. The first-order valence-electron chi connectivity index (χ1n) is 5.52. The zero-order chi connectivity index (χ0) is 12.6. The quantitative estimate of drug-likeness (QED) is 0.700. The van der Waals surface area contributed by atoms with Crippen LogP contribution in [0.4, 0.5) is 0 Å². The van der Waals surface area contributed by atoms with Gasteiger partial charge in [0.2, 0.25) is 11.8 Å². The number of nitrogens with one attached hydrogen (secondary N) is 1. The van der Waals surface area contributed by atoms with E-state index in [1.165, 1.54) is 11.8 Å². The highest BCUT2D eigenvalue weighted by Gasteiger charge is 2.42. The number of carboxylic acid groups (broad SMARTS) is 1. The van der Waals surface area contributed by atoms with Crippen LogP contribution in [0, 0.1) is 0 Å². The van der Waals surface area contributed by atoms with Gasteiger partial charge in [-0.05, 0) is 19.3 Å². The SMILES string of the molecule is CC(=O)N[C@H]1CC=C2CC[C@@H](C(=O)O)N2C1=O. The molecule has 0 aromatic rings. The summed E-state index contributed by atoms with van der Waals surface area (Å²) >= 11 is 0. The molecular formula is C11H14N2O4. The molecule has 0 unspecified atom stereocenters. The standard InChI is InChI=1S/C11H14N2O4/c1-6(14)12-8-4-2-7-3-5-9(11(16)17)13(7)10(8)15/h2,8-9H,3-5H2,1H3,(H,12,14)(H,16,17)/t8-,9-/m0/s1. The Morgan fingerprint density at radius 2 is 2.24 bits per heavy atom. The Balaban J connectivity index is 2.21. The van der Waals surface area contributed by atoms with Crippen LogP contribution in [0.1, 0.15) is 26.2 Å². The molecule has 0 bridgehead atoms. The third kappa shape index (κ3) is 2.02. The van der Waals surface area contributed by atoms with E-state index in [2.05, 4.69) is 5.32 Å². The van der Waals surface area contributed by atoms with Crippen molar-refractivity contribution in [2.24, 2.45) is 0 Å². The Kier molecular flexibility index (Phi) is 2.87. The Hall–Kier alpha value is -1.85. The largest absolute Gasteiger partial charge is 0.480 e. The van der Waals surface area contributed by atoms with E-state index in [0.717, 1.165) is 5.70 Å². The van der Waals surface area contributed by atoms with Crippen molar-refractivity contribution in [3.8, 4) is 0 Å². The van der Waals surface area contributed by atoms with E-state index >= 15 is 0 Å². The van der Waals surface area contributed by atoms with Gasteiger partial charge in [0.25, 0.3) is 0 Å². The van der Waals surface area contributed by atoms with E-state index in [4.69, 9.17) is 5.11 Å². The molecule has 2 aliphatic rings. The molecule has 17 heavy (non-hydrogen) atoms. The average Bonchev–Trinajstić information content (AvgIpc) is 2.66. The highest BCUT2D eigenvalue weighted by Crippen LogP contribution is 2.32. The molecule has 2 N–H and O–H groups in total. The summed E-state index contributed by atoms with van der Waals surface area (Å²) in [5.41, 5.74) is 0.768. The van der Waals surface area contributed by atoms with E-state index in [-0.39, 0.29) is 11.8 Å². The first-order valence-corrected chi connectivity index (χ1v) is 5.52. The minimum atomic E-state index is -0.995. The summed E-state index contributed by atoms with van der Waals surface area (Å²) in [5.74, 6) is -1.60. The van der Waals surface area contributed by atoms with Gasteiger partial charge in [-0.1, -0.05) is 6.08 Å². The summed E-state index contributed by atoms with van der Waals surface area (Å²) in [5, 5.41) is 11.6. The zero-order valence-electron chi connectivity index (χ0n) is 9.47. The number of carbonyl (C=O) groups is 3. The van der Waals surface area contributed by atoms with Gasteiger partial charge in [-0.15, -0.1) is 0 Å². The monoisotopic (exact) mass is 238 g/mol. The predicted octanol–water partition coefficient (Wildman–Crippen LogP) is -0.146. The first kappa shape index (κ1) is 11.6. The van der Waals surface area contributed by atoms with E-state index in [0.29, 0.717) is 19.3 Å². The molecule has 2 heterocycles. The molecule has 1 fully saturated rings. The van der Waals surface area contributed by atoms with Gasteiger partial charge in [-0.3, -0.25) is 9.59 Å². The molecule has 6 nitrogen and oxygen atoms in total. The number of hydrogen-bond donors (Lipinski definition) is 2. The summed E-state index contributed by atoms with van der Waals surface area (Å²) in [7, 11) is 0. The molecule has 2 amide bonds. The molecule has 0 aromatic heterocycles.